The van der Waals surface area contributed by atoms with Gasteiger partial charge in [0.2, 0.25) is 0 Å². The summed E-state index contributed by atoms with van der Waals surface area (Å²) in [5, 5.41) is 11.5. The zero-order valence-electron chi connectivity index (χ0n) is 12.3. The Morgan fingerprint density at radius 1 is 1.24 bits per heavy atom. The Balaban J connectivity index is 2.60. The second-order valence-corrected chi connectivity index (χ2v) is 5.24. The summed E-state index contributed by atoms with van der Waals surface area (Å²) in [6.45, 7) is 5.26. The molecule has 2 atom stereocenters. The summed E-state index contributed by atoms with van der Waals surface area (Å²) in [6.07, 6.45) is -0.533. The summed E-state index contributed by atoms with van der Waals surface area (Å²) in [6, 6.07) is 4.30. The number of carbonyl (C=O) groups excluding carboxylic acids is 1. The van der Waals surface area contributed by atoms with Gasteiger partial charge >= 0.3 is 5.97 Å². The number of aliphatic carboxylic acids is 1. The largest absolute Gasteiger partial charge is 0.481 e. The van der Waals surface area contributed by atoms with E-state index in [1.165, 1.54) is 31.2 Å². The second kappa shape index (κ2) is 7.61. The molecule has 0 aliphatic rings. The van der Waals surface area contributed by atoms with Crippen molar-refractivity contribution in [3.8, 4) is 5.75 Å². The third-order valence-corrected chi connectivity index (χ3v) is 2.82. The first kappa shape index (κ1) is 16.9. The smallest absolute Gasteiger partial charge is 0.326 e. The maximum Gasteiger partial charge on any atom is 0.326 e. The number of ether oxygens (including phenoxy) is 1. The molecule has 0 saturated heterocycles. The fourth-order valence-corrected chi connectivity index (χ4v) is 1.75. The Morgan fingerprint density at radius 2 is 1.81 bits per heavy atom. The van der Waals surface area contributed by atoms with Gasteiger partial charge in [-0.25, -0.2) is 9.18 Å². The first-order valence-electron chi connectivity index (χ1n) is 6.75. The third-order valence-electron chi connectivity index (χ3n) is 2.82. The molecule has 0 aliphatic carbocycles. The average molecular weight is 297 g/mol. The van der Waals surface area contributed by atoms with Gasteiger partial charge in [-0.05, 0) is 43.5 Å². The molecule has 21 heavy (non-hydrogen) atoms. The monoisotopic (exact) mass is 297 g/mol. The van der Waals surface area contributed by atoms with Crippen LogP contribution in [0.5, 0.6) is 5.75 Å². The minimum Gasteiger partial charge on any atom is -0.481 e. The van der Waals surface area contributed by atoms with E-state index in [1.54, 1.807) is 0 Å². The number of carboxylic acid groups (broad SMARTS) is 1. The number of benzene rings is 1. The molecule has 116 valence electrons. The molecule has 1 aromatic rings. The zero-order chi connectivity index (χ0) is 16.0. The van der Waals surface area contributed by atoms with Crippen LogP contribution in [0.3, 0.4) is 0 Å². The van der Waals surface area contributed by atoms with Crippen LogP contribution in [0.25, 0.3) is 0 Å². The fourth-order valence-electron chi connectivity index (χ4n) is 1.75. The minimum atomic E-state index is -1.08. The van der Waals surface area contributed by atoms with E-state index in [0.29, 0.717) is 12.2 Å². The van der Waals surface area contributed by atoms with Crippen LogP contribution in [0.15, 0.2) is 24.3 Å². The minimum absolute atomic E-state index is 0.139. The van der Waals surface area contributed by atoms with E-state index >= 15 is 0 Å². The number of amides is 1. The molecular formula is C15H20FNO4. The SMILES string of the molecule is CC(C)CC(NC(=O)C(C)Oc1ccc(F)cc1)C(=O)O. The van der Waals surface area contributed by atoms with Crippen molar-refractivity contribution >= 4 is 11.9 Å². The van der Waals surface area contributed by atoms with Gasteiger partial charge in [-0.2, -0.15) is 0 Å². The molecular weight excluding hydrogens is 277 g/mol. The van der Waals surface area contributed by atoms with E-state index in [2.05, 4.69) is 5.32 Å². The molecule has 6 heteroatoms. The van der Waals surface area contributed by atoms with Gasteiger partial charge in [0.1, 0.15) is 17.6 Å². The first-order chi connectivity index (χ1) is 9.79. The predicted octanol–water partition coefficient (Wildman–Crippen LogP) is 2.21. The predicted molar refractivity (Wildman–Crippen MR) is 75.5 cm³/mol. The quantitative estimate of drug-likeness (QED) is 0.809. The summed E-state index contributed by atoms with van der Waals surface area (Å²) in [5.74, 6) is -1.52. The van der Waals surface area contributed by atoms with Gasteiger partial charge in [0.05, 0.1) is 0 Å². The van der Waals surface area contributed by atoms with Crippen LogP contribution in [0, 0.1) is 11.7 Å². The van der Waals surface area contributed by atoms with Crippen molar-refractivity contribution in [2.75, 3.05) is 0 Å². The average Bonchev–Trinajstić information content (AvgIpc) is 2.39. The van der Waals surface area contributed by atoms with E-state index in [1.807, 2.05) is 13.8 Å². The summed E-state index contributed by atoms with van der Waals surface area (Å²) in [7, 11) is 0. The van der Waals surface area contributed by atoms with Gasteiger partial charge in [-0.3, -0.25) is 4.79 Å². The Kier molecular flexibility index (Phi) is 6.14. The topological polar surface area (TPSA) is 75.6 Å². The molecule has 5 nitrogen and oxygen atoms in total. The van der Waals surface area contributed by atoms with Gasteiger partial charge in [-0.1, -0.05) is 13.8 Å². The first-order valence-corrected chi connectivity index (χ1v) is 6.75. The number of carbonyl (C=O) groups is 2. The fraction of sp³-hybridized carbons (Fsp3) is 0.467. The number of hydrogen-bond donors (Lipinski definition) is 2. The van der Waals surface area contributed by atoms with E-state index in [-0.39, 0.29) is 5.92 Å². The van der Waals surface area contributed by atoms with Crippen molar-refractivity contribution < 1.29 is 23.8 Å². The number of halogens is 1. The van der Waals surface area contributed by atoms with Crippen molar-refractivity contribution in [3.05, 3.63) is 30.1 Å². The van der Waals surface area contributed by atoms with Crippen molar-refractivity contribution in [2.24, 2.45) is 5.92 Å². The van der Waals surface area contributed by atoms with Crippen LogP contribution in [0.4, 0.5) is 4.39 Å². The second-order valence-electron chi connectivity index (χ2n) is 5.24. The molecule has 0 aliphatic heterocycles. The van der Waals surface area contributed by atoms with Crippen molar-refractivity contribution in [1.29, 1.82) is 0 Å². The molecule has 0 aromatic heterocycles. The lowest BCUT2D eigenvalue weighted by Crippen LogP contribution is -2.46. The van der Waals surface area contributed by atoms with Crippen LogP contribution >= 0.6 is 0 Å². The van der Waals surface area contributed by atoms with Gasteiger partial charge in [0.15, 0.2) is 6.10 Å². The lowest BCUT2D eigenvalue weighted by molar-refractivity contribution is -0.143. The highest BCUT2D eigenvalue weighted by atomic mass is 19.1. The summed E-state index contributed by atoms with van der Waals surface area (Å²) < 4.78 is 18.1. The van der Waals surface area contributed by atoms with E-state index in [4.69, 9.17) is 9.84 Å². The van der Waals surface area contributed by atoms with Gasteiger partial charge in [0.25, 0.3) is 5.91 Å². The molecule has 1 rings (SSSR count). The zero-order valence-corrected chi connectivity index (χ0v) is 12.3. The maximum absolute atomic E-state index is 12.8. The molecule has 0 spiro atoms. The number of carboxylic acids is 1. The highest BCUT2D eigenvalue weighted by Crippen LogP contribution is 2.13. The number of hydrogen-bond acceptors (Lipinski definition) is 3. The Morgan fingerprint density at radius 3 is 2.29 bits per heavy atom. The van der Waals surface area contributed by atoms with E-state index in [9.17, 15) is 14.0 Å². The molecule has 0 fully saturated rings. The van der Waals surface area contributed by atoms with Crippen molar-refractivity contribution in [2.45, 2.75) is 39.3 Å². The maximum atomic E-state index is 12.8. The van der Waals surface area contributed by atoms with Crippen LogP contribution in [-0.2, 0) is 9.59 Å². The van der Waals surface area contributed by atoms with Crippen LogP contribution in [0.1, 0.15) is 27.2 Å². The third kappa shape index (κ3) is 5.81. The van der Waals surface area contributed by atoms with Crippen LogP contribution in [-0.4, -0.2) is 29.1 Å². The Labute approximate surface area is 123 Å². The molecule has 0 heterocycles. The van der Waals surface area contributed by atoms with Gasteiger partial charge in [0, 0.05) is 0 Å². The van der Waals surface area contributed by atoms with E-state index < -0.39 is 29.8 Å². The molecule has 2 N–H and O–H groups in total. The summed E-state index contributed by atoms with van der Waals surface area (Å²) in [5.41, 5.74) is 0. The number of rotatable bonds is 7. The molecule has 1 aromatic carbocycles. The summed E-state index contributed by atoms with van der Waals surface area (Å²) >= 11 is 0. The Bertz CT molecular complexity index is 487. The standard InChI is InChI=1S/C15H20FNO4/c1-9(2)8-13(15(19)20)17-14(18)10(3)21-12-6-4-11(16)5-7-12/h4-7,9-10,13H,8H2,1-3H3,(H,17,18)(H,19,20). The van der Waals surface area contributed by atoms with Crippen molar-refractivity contribution in [3.63, 3.8) is 0 Å². The Hall–Kier alpha value is -2.11. The number of nitrogens with one attached hydrogen (secondary N) is 1. The van der Waals surface area contributed by atoms with Gasteiger partial charge < -0.3 is 15.2 Å². The summed E-state index contributed by atoms with van der Waals surface area (Å²) in [4.78, 5) is 23.0. The lowest BCUT2D eigenvalue weighted by Gasteiger charge is -2.20. The van der Waals surface area contributed by atoms with Gasteiger partial charge in [-0.15, -0.1) is 0 Å². The van der Waals surface area contributed by atoms with E-state index in [0.717, 1.165) is 0 Å². The normalized spacial score (nSPS) is 13.6. The molecule has 2 unspecified atom stereocenters. The molecule has 0 saturated carbocycles. The van der Waals surface area contributed by atoms with Crippen LogP contribution in [0.2, 0.25) is 0 Å². The highest BCUT2D eigenvalue weighted by molar-refractivity contribution is 5.86. The molecule has 0 bridgehead atoms. The lowest BCUT2D eigenvalue weighted by atomic mass is 10.0. The molecule has 1 amide bonds. The van der Waals surface area contributed by atoms with Crippen LogP contribution < -0.4 is 10.1 Å². The highest BCUT2D eigenvalue weighted by Gasteiger charge is 2.24. The van der Waals surface area contributed by atoms with Crippen molar-refractivity contribution in [1.82, 2.24) is 5.32 Å². The molecule has 0 radical (unpaired) electrons.